The quantitative estimate of drug-likeness (QED) is 0.828. The number of ether oxygens (including phenoxy) is 1. The number of hydrogen-bond acceptors (Lipinski definition) is 3. The van der Waals surface area contributed by atoms with Crippen molar-refractivity contribution in [1.29, 1.82) is 0 Å². The molecule has 0 saturated carbocycles. The van der Waals surface area contributed by atoms with Crippen molar-refractivity contribution in [3.05, 3.63) is 0 Å². The van der Waals surface area contributed by atoms with Crippen LogP contribution in [0, 0.1) is 5.41 Å². The van der Waals surface area contributed by atoms with Crippen LogP contribution in [-0.4, -0.2) is 49.1 Å². The van der Waals surface area contributed by atoms with Crippen molar-refractivity contribution in [3.8, 4) is 0 Å². The van der Waals surface area contributed by atoms with Gasteiger partial charge in [0, 0.05) is 33.2 Å². The van der Waals surface area contributed by atoms with Crippen molar-refractivity contribution in [2.24, 2.45) is 5.41 Å². The average molecular weight is 268 g/mol. The molecule has 2 aliphatic heterocycles. The molecule has 0 radical (unpaired) electrons. The van der Waals surface area contributed by atoms with Gasteiger partial charge in [-0.1, -0.05) is 6.92 Å². The lowest BCUT2D eigenvalue weighted by Crippen LogP contribution is -2.52. The minimum absolute atomic E-state index is 0.0737. The zero-order chi connectivity index (χ0) is 14.1. The maximum Gasteiger partial charge on any atom is 0.254 e. The van der Waals surface area contributed by atoms with E-state index in [1.54, 1.807) is 7.11 Å². The average Bonchev–Trinajstić information content (AvgIpc) is 2.79. The Morgan fingerprint density at radius 3 is 2.53 bits per heavy atom. The number of likely N-dealkylation sites (tertiary alicyclic amines) is 1. The second kappa shape index (κ2) is 5.12. The second-order valence-corrected chi connectivity index (χ2v) is 6.03. The zero-order valence-corrected chi connectivity index (χ0v) is 12.1. The molecule has 0 aromatic heterocycles. The van der Waals surface area contributed by atoms with Crippen LogP contribution in [0.3, 0.4) is 0 Å². The summed E-state index contributed by atoms with van der Waals surface area (Å²) in [5.74, 6) is 0.222. The minimum atomic E-state index is -0.714. The van der Waals surface area contributed by atoms with E-state index < -0.39 is 5.60 Å². The molecule has 1 atom stereocenters. The van der Waals surface area contributed by atoms with Crippen molar-refractivity contribution in [2.45, 2.75) is 45.1 Å². The Morgan fingerprint density at radius 2 is 2.11 bits per heavy atom. The van der Waals surface area contributed by atoms with Gasteiger partial charge in [-0.3, -0.25) is 9.59 Å². The SMILES string of the molecule is CCC(C)(OC)C(=O)N1CCC2(CC1)CNC(=O)C2. The number of rotatable bonds is 3. The number of nitrogens with one attached hydrogen (secondary N) is 1. The Labute approximate surface area is 114 Å². The molecule has 2 amide bonds. The lowest BCUT2D eigenvalue weighted by atomic mass is 9.77. The van der Waals surface area contributed by atoms with Crippen LogP contribution in [0.5, 0.6) is 0 Å². The smallest absolute Gasteiger partial charge is 0.254 e. The number of hydrogen-bond donors (Lipinski definition) is 1. The van der Waals surface area contributed by atoms with Gasteiger partial charge in [0.1, 0.15) is 5.60 Å². The fourth-order valence-electron chi connectivity index (χ4n) is 3.01. The van der Waals surface area contributed by atoms with E-state index in [1.807, 2.05) is 18.7 Å². The number of carbonyl (C=O) groups excluding carboxylic acids is 2. The third-order valence-corrected chi connectivity index (χ3v) is 4.89. The molecule has 5 nitrogen and oxygen atoms in total. The minimum Gasteiger partial charge on any atom is -0.369 e. The first-order chi connectivity index (χ1) is 8.95. The molecule has 2 heterocycles. The molecule has 2 rings (SSSR count). The summed E-state index contributed by atoms with van der Waals surface area (Å²) in [6.45, 7) is 6.04. The van der Waals surface area contributed by atoms with E-state index in [4.69, 9.17) is 4.74 Å². The van der Waals surface area contributed by atoms with E-state index in [1.165, 1.54) is 0 Å². The van der Waals surface area contributed by atoms with Gasteiger partial charge < -0.3 is 15.0 Å². The summed E-state index contributed by atoms with van der Waals surface area (Å²) in [6.07, 6.45) is 3.09. The van der Waals surface area contributed by atoms with Crippen LogP contribution >= 0.6 is 0 Å². The molecule has 0 aromatic carbocycles. The first kappa shape index (κ1) is 14.3. The molecular formula is C14H24N2O3. The van der Waals surface area contributed by atoms with Crippen LogP contribution in [0.2, 0.25) is 0 Å². The number of carbonyl (C=O) groups is 2. The van der Waals surface area contributed by atoms with E-state index >= 15 is 0 Å². The van der Waals surface area contributed by atoms with Gasteiger partial charge in [0.2, 0.25) is 5.91 Å². The number of piperidine rings is 1. The highest BCUT2D eigenvalue weighted by Crippen LogP contribution is 2.38. The van der Waals surface area contributed by atoms with Gasteiger partial charge >= 0.3 is 0 Å². The highest BCUT2D eigenvalue weighted by Gasteiger charge is 2.44. The van der Waals surface area contributed by atoms with Gasteiger partial charge in [0.05, 0.1) is 0 Å². The summed E-state index contributed by atoms with van der Waals surface area (Å²) >= 11 is 0. The summed E-state index contributed by atoms with van der Waals surface area (Å²) in [7, 11) is 1.59. The number of nitrogens with zero attached hydrogens (tertiary/aromatic N) is 1. The van der Waals surface area contributed by atoms with Crippen molar-refractivity contribution in [1.82, 2.24) is 10.2 Å². The Balaban J connectivity index is 1.96. The summed E-state index contributed by atoms with van der Waals surface area (Å²) in [4.78, 5) is 25.7. The molecule has 0 aromatic rings. The van der Waals surface area contributed by atoms with Crippen LogP contribution in [0.4, 0.5) is 0 Å². The van der Waals surface area contributed by atoms with Gasteiger partial charge in [-0.05, 0) is 31.6 Å². The largest absolute Gasteiger partial charge is 0.369 e. The first-order valence-electron chi connectivity index (χ1n) is 7.06. The van der Waals surface area contributed by atoms with E-state index in [0.29, 0.717) is 12.8 Å². The lowest BCUT2D eigenvalue weighted by Gasteiger charge is -2.41. The standard InChI is InChI=1S/C14H24N2O3/c1-4-13(2,19-3)12(18)16-7-5-14(6-8-16)9-11(17)15-10-14/h4-10H2,1-3H3,(H,15,17). The normalized spacial score (nSPS) is 25.2. The summed E-state index contributed by atoms with van der Waals surface area (Å²) < 4.78 is 5.38. The van der Waals surface area contributed by atoms with Crippen LogP contribution < -0.4 is 5.32 Å². The van der Waals surface area contributed by atoms with Crippen LogP contribution in [0.25, 0.3) is 0 Å². The molecular weight excluding hydrogens is 244 g/mol. The van der Waals surface area contributed by atoms with E-state index in [0.717, 1.165) is 32.5 Å². The summed E-state index contributed by atoms with van der Waals surface area (Å²) in [5, 5.41) is 2.91. The van der Waals surface area contributed by atoms with Crippen LogP contribution in [-0.2, 0) is 14.3 Å². The molecule has 1 N–H and O–H groups in total. The molecule has 5 heteroatoms. The molecule has 2 saturated heterocycles. The van der Waals surface area contributed by atoms with Gasteiger partial charge in [-0.15, -0.1) is 0 Å². The van der Waals surface area contributed by atoms with Crippen molar-refractivity contribution < 1.29 is 14.3 Å². The zero-order valence-electron chi connectivity index (χ0n) is 12.1. The lowest BCUT2D eigenvalue weighted by molar-refractivity contribution is -0.155. The third kappa shape index (κ3) is 2.61. The highest BCUT2D eigenvalue weighted by molar-refractivity contribution is 5.85. The van der Waals surface area contributed by atoms with E-state index in [9.17, 15) is 9.59 Å². The molecule has 19 heavy (non-hydrogen) atoms. The Hall–Kier alpha value is -1.10. The van der Waals surface area contributed by atoms with Gasteiger partial charge in [-0.25, -0.2) is 0 Å². The maximum atomic E-state index is 12.5. The van der Waals surface area contributed by atoms with Gasteiger partial charge in [0.25, 0.3) is 5.91 Å². The molecule has 2 fully saturated rings. The summed E-state index contributed by atoms with van der Waals surface area (Å²) in [6, 6.07) is 0. The third-order valence-electron chi connectivity index (χ3n) is 4.89. The fourth-order valence-corrected chi connectivity index (χ4v) is 3.01. The predicted molar refractivity (Wildman–Crippen MR) is 71.6 cm³/mol. The molecule has 0 aliphatic carbocycles. The van der Waals surface area contributed by atoms with Gasteiger partial charge in [0.15, 0.2) is 0 Å². The molecule has 0 bridgehead atoms. The highest BCUT2D eigenvalue weighted by atomic mass is 16.5. The second-order valence-electron chi connectivity index (χ2n) is 6.03. The number of amides is 2. The predicted octanol–water partition coefficient (Wildman–Crippen LogP) is 0.930. The van der Waals surface area contributed by atoms with Gasteiger partial charge in [-0.2, -0.15) is 0 Å². The fraction of sp³-hybridized carbons (Fsp3) is 0.857. The maximum absolute atomic E-state index is 12.5. The van der Waals surface area contributed by atoms with E-state index in [2.05, 4.69) is 5.32 Å². The Kier molecular flexibility index (Phi) is 3.85. The molecule has 108 valence electrons. The molecule has 1 spiro atoms. The topological polar surface area (TPSA) is 58.6 Å². The number of methoxy groups -OCH3 is 1. The van der Waals surface area contributed by atoms with Crippen molar-refractivity contribution >= 4 is 11.8 Å². The summed E-state index contributed by atoms with van der Waals surface area (Å²) in [5.41, 5.74) is -0.627. The molecule has 2 aliphatic rings. The first-order valence-corrected chi connectivity index (χ1v) is 7.06. The van der Waals surface area contributed by atoms with Crippen LogP contribution in [0.15, 0.2) is 0 Å². The molecule has 1 unspecified atom stereocenters. The van der Waals surface area contributed by atoms with Crippen molar-refractivity contribution in [3.63, 3.8) is 0 Å². The Bertz CT molecular complexity index is 369. The van der Waals surface area contributed by atoms with E-state index in [-0.39, 0.29) is 17.2 Å². The Morgan fingerprint density at radius 1 is 1.47 bits per heavy atom. The van der Waals surface area contributed by atoms with Crippen LogP contribution in [0.1, 0.15) is 39.5 Å². The monoisotopic (exact) mass is 268 g/mol. The van der Waals surface area contributed by atoms with Crippen molar-refractivity contribution in [2.75, 3.05) is 26.7 Å².